The largest absolute Gasteiger partial charge is 0.424 e. The Balaban J connectivity index is 1.67. The van der Waals surface area contributed by atoms with E-state index in [-0.39, 0.29) is 0 Å². The molecule has 1 aliphatic heterocycles. The minimum atomic E-state index is 0.386. The molecule has 102 valence electrons. The molecule has 0 aromatic carbocycles. The van der Waals surface area contributed by atoms with Crippen molar-refractivity contribution in [2.75, 3.05) is 26.2 Å². The Morgan fingerprint density at radius 2 is 2.17 bits per heavy atom. The van der Waals surface area contributed by atoms with Gasteiger partial charge in [0.1, 0.15) is 0 Å². The van der Waals surface area contributed by atoms with Crippen molar-refractivity contribution in [1.29, 1.82) is 0 Å². The number of aromatic nitrogens is 2. The first-order valence-electron chi connectivity index (χ1n) is 6.61. The van der Waals surface area contributed by atoms with Crippen molar-refractivity contribution >= 4 is 0 Å². The summed E-state index contributed by atoms with van der Waals surface area (Å²) in [6.07, 6.45) is 3.47. The van der Waals surface area contributed by atoms with E-state index in [1.54, 1.807) is 0 Å². The summed E-state index contributed by atoms with van der Waals surface area (Å²) in [5.74, 6) is 1.33. The van der Waals surface area contributed by atoms with Gasteiger partial charge in [-0.05, 0) is 25.8 Å². The van der Waals surface area contributed by atoms with E-state index in [2.05, 4.69) is 15.1 Å². The number of ether oxygens (including phenoxy) is 1. The minimum Gasteiger partial charge on any atom is -0.424 e. The highest BCUT2D eigenvalue weighted by Gasteiger charge is 2.20. The van der Waals surface area contributed by atoms with Crippen LogP contribution in [0.4, 0.5) is 0 Å². The van der Waals surface area contributed by atoms with Crippen LogP contribution < -0.4 is 5.73 Å². The lowest BCUT2D eigenvalue weighted by Crippen LogP contribution is -2.36. The van der Waals surface area contributed by atoms with Crippen molar-refractivity contribution in [1.82, 2.24) is 15.1 Å². The van der Waals surface area contributed by atoms with Crippen LogP contribution in [0.15, 0.2) is 4.42 Å². The van der Waals surface area contributed by atoms with Crippen molar-refractivity contribution in [3.05, 3.63) is 11.8 Å². The Labute approximate surface area is 107 Å². The van der Waals surface area contributed by atoms with Gasteiger partial charge in [-0.25, -0.2) is 0 Å². The van der Waals surface area contributed by atoms with E-state index < -0.39 is 0 Å². The average Bonchev–Trinajstić information content (AvgIpc) is 2.77. The summed E-state index contributed by atoms with van der Waals surface area (Å²) < 4.78 is 11.2. The number of aryl methyl sites for hydroxylation is 1. The number of hydrogen-bond acceptors (Lipinski definition) is 6. The summed E-state index contributed by atoms with van der Waals surface area (Å²) >= 11 is 0. The second-order valence-corrected chi connectivity index (χ2v) is 4.70. The highest BCUT2D eigenvalue weighted by molar-refractivity contribution is 4.81. The van der Waals surface area contributed by atoms with E-state index in [1.165, 1.54) is 0 Å². The van der Waals surface area contributed by atoms with Gasteiger partial charge in [0.25, 0.3) is 0 Å². The summed E-state index contributed by atoms with van der Waals surface area (Å²) in [6, 6.07) is 0. The molecule has 2 heterocycles. The lowest BCUT2D eigenvalue weighted by molar-refractivity contribution is 0.00408. The molecule has 18 heavy (non-hydrogen) atoms. The Hall–Kier alpha value is -0.980. The molecule has 0 bridgehead atoms. The van der Waals surface area contributed by atoms with Gasteiger partial charge >= 0.3 is 0 Å². The van der Waals surface area contributed by atoms with Crippen LogP contribution in [-0.4, -0.2) is 47.4 Å². The summed E-state index contributed by atoms with van der Waals surface area (Å²) in [4.78, 5) is 2.33. The highest BCUT2D eigenvalue weighted by atomic mass is 16.5. The molecule has 2 N–H and O–H groups in total. The number of rotatable bonds is 6. The van der Waals surface area contributed by atoms with Gasteiger partial charge in [-0.2, -0.15) is 0 Å². The highest BCUT2D eigenvalue weighted by Crippen LogP contribution is 2.15. The zero-order valence-electron chi connectivity index (χ0n) is 11.0. The fourth-order valence-corrected chi connectivity index (χ4v) is 2.16. The van der Waals surface area contributed by atoms with Crippen molar-refractivity contribution in [3.63, 3.8) is 0 Å². The molecule has 0 saturated carbocycles. The summed E-state index contributed by atoms with van der Waals surface area (Å²) in [6.45, 7) is 6.09. The van der Waals surface area contributed by atoms with E-state index in [9.17, 15) is 0 Å². The molecule has 1 fully saturated rings. The van der Waals surface area contributed by atoms with Crippen molar-refractivity contribution in [2.24, 2.45) is 5.73 Å². The minimum absolute atomic E-state index is 0.386. The Morgan fingerprint density at radius 1 is 1.39 bits per heavy atom. The summed E-state index contributed by atoms with van der Waals surface area (Å²) in [5, 5.41) is 7.85. The van der Waals surface area contributed by atoms with E-state index in [4.69, 9.17) is 14.9 Å². The first-order valence-corrected chi connectivity index (χ1v) is 6.61. The number of piperidine rings is 1. The second-order valence-electron chi connectivity index (χ2n) is 4.70. The van der Waals surface area contributed by atoms with Crippen molar-refractivity contribution < 1.29 is 9.15 Å². The second kappa shape index (κ2) is 6.82. The maximum atomic E-state index is 5.77. The molecule has 0 atom stereocenters. The zero-order valence-corrected chi connectivity index (χ0v) is 11.0. The zero-order chi connectivity index (χ0) is 12.8. The van der Waals surface area contributed by atoms with Gasteiger partial charge in [-0.1, -0.05) is 0 Å². The van der Waals surface area contributed by atoms with Crippen LogP contribution >= 0.6 is 0 Å². The number of hydrogen-bond donors (Lipinski definition) is 1. The molecule has 2 rings (SSSR count). The molecule has 6 nitrogen and oxygen atoms in total. The fraction of sp³-hybridized carbons (Fsp3) is 0.833. The molecular formula is C12H22N4O2. The third-order valence-electron chi connectivity index (χ3n) is 3.16. The monoisotopic (exact) mass is 254 g/mol. The molecule has 0 spiro atoms. The van der Waals surface area contributed by atoms with Gasteiger partial charge in [0.05, 0.1) is 12.6 Å². The SMILES string of the molecule is Cc1nnc(CN2CCC(OCCCN)CC2)o1. The van der Waals surface area contributed by atoms with Crippen LogP contribution in [-0.2, 0) is 11.3 Å². The van der Waals surface area contributed by atoms with Crippen LogP contribution in [0, 0.1) is 6.92 Å². The summed E-state index contributed by atoms with van der Waals surface area (Å²) in [5.41, 5.74) is 5.44. The number of likely N-dealkylation sites (tertiary alicyclic amines) is 1. The van der Waals surface area contributed by atoms with Gasteiger partial charge in [-0.3, -0.25) is 4.90 Å². The molecule has 1 aromatic heterocycles. The maximum Gasteiger partial charge on any atom is 0.230 e. The summed E-state index contributed by atoms with van der Waals surface area (Å²) in [7, 11) is 0. The first kappa shape index (κ1) is 13.5. The van der Waals surface area contributed by atoms with E-state index in [0.29, 0.717) is 24.4 Å². The number of nitrogens with two attached hydrogens (primary N) is 1. The fourth-order valence-electron chi connectivity index (χ4n) is 2.16. The lowest BCUT2D eigenvalue weighted by atomic mass is 10.1. The molecular weight excluding hydrogens is 232 g/mol. The predicted octanol–water partition coefficient (Wildman–Crippen LogP) is 0.708. The normalized spacial score (nSPS) is 18.3. The van der Waals surface area contributed by atoms with Gasteiger partial charge in [0, 0.05) is 26.6 Å². The van der Waals surface area contributed by atoms with Crippen LogP contribution in [0.2, 0.25) is 0 Å². The van der Waals surface area contributed by atoms with Gasteiger partial charge in [-0.15, -0.1) is 10.2 Å². The lowest BCUT2D eigenvalue weighted by Gasteiger charge is -2.30. The Kier molecular flexibility index (Phi) is 5.10. The number of nitrogens with zero attached hydrogens (tertiary/aromatic N) is 3. The van der Waals surface area contributed by atoms with E-state index in [0.717, 1.165) is 45.5 Å². The Morgan fingerprint density at radius 3 is 2.78 bits per heavy atom. The van der Waals surface area contributed by atoms with Gasteiger partial charge in [0.2, 0.25) is 11.8 Å². The van der Waals surface area contributed by atoms with Crippen molar-refractivity contribution in [3.8, 4) is 0 Å². The van der Waals surface area contributed by atoms with Gasteiger partial charge < -0.3 is 14.9 Å². The van der Waals surface area contributed by atoms with Crippen LogP contribution in [0.25, 0.3) is 0 Å². The molecule has 1 saturated heterocycles. The molecule has 0 unspecified atom stereocenters. The molecule has 6 heteroatoms. The third-order valence-corrected chi connectivity index (χ3v) is 3.16. The maximum absolute atomic E-state index is 5.77. The average molecular weight is 254 g/mol. The molecule has 1 aliphatic rings. The Bertz CT molecular complexity index is 348. The van der Waals surface area contributed by atoms with E-state index >= 15 is 0 Å². The molecule has 0 radical (unpaired) electrons. The molecule has 1 aromatic rings. The van der Waals surface area contributed by atoms with Gasteiger partial charge in [0.15, 0.2) is 0 Å². The molecule has 0 amide bonds. The molecule has 0 aliphatic carbocycles. The standard InChI is InChI=1S/C12H22N4O2/c1-10-14-15-12(18-10)9-16-6-3-11(4-7-16)17-8-2-5-13/h11H,2-9,13H2,1H3. The van der Waals surface area contributed by atoms with E-state index in [1.807, 2.05) is 6.92 Å². The first-order chi connectivity index (χ1) is 8.78. The van der Waals surface area contributed by atoms with Crippen LogP contribution in [0.1, 0.15) is 31.0 Å². The smallest absolute Gasteiger partial charge is 0.230 e. The van der Waals surface area contributed by atoms with Crippen LogP contribution in [0.3, 0.4) is 0 Å². The predicted molar refractivity (Wildman–Crippen MR) is 67.0 cm³/mol. The van der Waals surface area contributed by atoms with Crippen LogP contribution in [0.5, 0.6) is 0 Å². The van der Waals surface area contributed by atoms with Crippen molar-refractivity contribution in [2.45, 2.75) is 38.8 Å². The topological polar surface area (TPSA) is 77.4 Å². The third kappa shape index (κ3) is 4.04. The quantitative estimate of drug-likeness (QED) is 0.753.